The molecule has 0 rings (SSSR count). The third-order valence-corrected chi connectivity index (χ3v) is 24.0. The summed E-state index contributed by atoms with van der Waals surface area (Å²) in [4.78, 5) is 61.2. The van der Waals surface area contributed by atoms with Gasteiger partial charge in [-0.05, 0) is 199 Å². The van der Waals surface area contributed by atoms with Crippen molar-refractivity contribution in [3.63, 3.8) is 0 Å². The Balaban J connectivity index is 0. The monoisotopic (exact) mass is 1150 g/mol. The summed E-state index contributed by atoms with van der Waals surface area (Å²) in [5, 5.41) is 5.99. The van der Waals surface area contributed by atoms with Crippen LogP contribution in [0, 0.1) is 0 Å². The summed E-state index contributed by atoms with van der Waals surface area (Å²) in [6.45, 7) is 28.7. The van der Waals surface area contributed by atoms with E-state index < -0.39 is 25.2 Å². The molecule has 0 unspecified atom stereocenters. The number of nitrogens with one attached hydrogen (secondary N) is 2. The van der Waals surface area contributed by atoms with Crippen LogP contribution in [-0.2, 0) is 36.8 Å². The number of carbonyl (C=O) groups is 4. The van der Waals surface area contributed by atoms with Crippen molar-refractivity contribution in [1.29, 1.82) is 0 Å². The van der Waals surface area contributed by atoms with E-state index in [1.165, 1.54) is 19.3 Å². The van der Waals surface area contributed by atoms with Gasteiger partial charge in [-0.1, -0.05) is 51.9 Å². The molecule has 0 aromatic carbocycles. The topological polar surface area (TPSA) is 167 Å². The van der Waals surface area contributed by atoms with Crippen LogP contribution in [0.15, 0.2) is 0 Å². The normalized spacial score (nSPS) is 12.1. The van der Waals surface area contributed by atoms with Crippen molar-refractivity contribution in [3.8, 4) is 0 Å². The summed E-state index contributed by atoms with van der Waals surface area (Å²) in [5.41, 5.74) is 0. The molecular formula is C56H122N8O10Si3. The lowest BCUT2D eigenvalue weighted by molar-refractivity contribution is -0.146. The lowest BCUT2D eigenvalue weighted by Gasteiger charge is -2.38. The molecule has 2 N–H and O–H groups in total. The molecule has 4 amide bonds. The van der Waals surface area contributed by atoms with Crippen molar-refractivity contribution in [3.05, 3.63) is 0 Å². The van der Waals surface area contributed by atoms with E-state index >= 15 is 0 Å². The summed E-state index contributed by atoms with van der Waals surface area (Å²) in [7, 11) is 10.3. The van der Waals surface area contributed by atoms with Crippen molar-refractivity contribution >= 4 is 49.2 Å². The van der Waals surface area contributed by atoms with Crippen LogP contribution < -0.4 is 10.6 Å². The van der Waals surface area contributed by atoms with Crippen molar-refractivity contribution in [2.45, 2.75) is 181 Å². The highest BCUT2D eigenvalue weighted by Gasteiger charge is 2.39. The summed E-state index contributed by atoms with van der Waals surface area (Å²) >= 11 is 0. The Kier molecular flexibility index (Phi) is 48.4. The third-order valence-electron chi connectivity index (χ3n) is 12.5. The molecule has 0 spiro atoms. The molecule has 0 radical (unpaired) electrons. The van der Waals surface area contributed by atoms with E-state index in [4.69, 9.17) is 27.2 Å². The molecule has 0 saturated carbocycles. The number of hydrogen-bond donors (Lipinski definition) is 2. The molecule has 0 aliphatic heterocycles. The third kappa shape index (κ3) is 52.9. The molecule has 0 aromatic heterocycles. The molecule has 0 atom stereocenters. The average molecular weight is 1150 g/mol. The van der Waals surface area contributed by atoms with E-state index in [-0.39, 0.29) is 30.6 Å². The maximum Gasteiger partial charge on any atom is 0.317 e. The first kappa shape index (κ1) is 76.9. The lowest BCUT2D eigenvalue weighted by atomic mass is 10.1. The Morgan fingerprint density at radius 2 is 0.740 bits per heavy atom. The Hall–Kier alpha value is -2.19. The van der Waals surface area contributed by atoms with Gasteiger partial charge < -0.3 is 67.2 Å². The van der Waals surface area contributed by atoms with Crippen LogP contribution in [0.5, 0.6) is 0 Å². The number of urea groups is 2. The van der Waals surface area contributed by atoms with Crippen molar-refractivity contribution < 1.29 is 46.4 Å². The first-order valence-corrected chi connectivity index (χ1v) is 38.9. The second-order valence-electron chi connectivity index (χ2n) is 23.3. The minimum absolute atomic E-state index is 0.0361. The van der Waals surface area contributed by atoms with Crippen LogP contribution in [0.2, 0.25) is 51.4 Å². The quantitative estimate of drug-likeness (QED) is 0.0336. The second kappa shape index (κ2) is 48.5. The Bertz CT molecular complexity index is 1430. The standard InChI is InChI=1S/C43H92N4O9Si3.C13H30N4O/c1-12-13-14-16-19-26-41(48)53-37-35-51-33-24-39-57(6,7)55-59(10,11)56-58(8,9)40-25-34-52-36-38-54-42(49)27-20-17-15-18-21-28-44-43(50)47(31-22-29-45(2)3)32-23-30-46(4)5;1-6-14-13(18)17(11-7-9-15(2)3)12-8-10-16(4)5/h12-40H2,1-11H3,(H,44,50);6-12H2,1-5H3,(H,14,18). The Morgan fingerprint density at radius 1 is 0.390 bits per heavy atom. The molecule has 458 valence electrons. The van der Waals surface area contributed by atoms with Gasteiger partial charge in [0.1, 0.15) is 13.2 Å². The zero-order valence-electron chi connectivity index (χ0n) is 52.7. The smallest absolute Gasteiger partial charge is 0.317 e. The second-order valence-corrected chi connectivity index (χ2v) is 35.8. The van der Waals surface area contributed by atoms with E-state index in [2.05, 4.69) is 133 Å². The number of rotatable bonds is 49. The van der Waals surface area contributed by atoms with E-state index in [1.807, 2.05) is 16.7 Å². The molecule has 0 saturated heterocycles. The summed E-state index contributed by atoms with van der Waals surface area (Å²) < 4.78 is 35.7. The predicted octanol–water partition coefficient (Wildman–Crippen LogP) is 9.57. The number of nitrogens with zero attached hydrogens (tertiary/aromatic N) is 6. The van der Waals surface area contributed by atoms with Gasteiger partial charge in [0.2, 0.25) is 0 Å². The molecule has 0 aromatic rings. The molecular weight excluding hydrogens is 1030 g/mol. The summed E-state index contributed by atoms with van der Waals surface area (Å²) in [6, 6.07) is 2.07. The molecule has 21 heteroatoms. The first-order chi connectivity index (χ1) is 36.3. The van der Waals surface area contributed by atoms with Crippen molar-refractivity contribution in [2.75, 3.05) is 161 Å². The fraction of sp³-hybridized carbons (Fsp3) is 0.929. The van der Waals surface area contributed by atoms with Gasteiger partial charge >= 0.3 is 32.6 Å². The Labute approximate surface area is 475 Å². The average Bonchev–Trinajstić information content (AvgIpc) is 3.32. The van der Waals surface area contributed by atoms with E-state index in [0.717, 1.165) is 148 Å². The van der Waals surface area contributed by atoms with Gasteiger partial charge in [0.15, 0.2) is 16.6 Å². The summed E-state index contributed by atoms with van der Waals surface area (Å²) in [6.07, 6.45) is 17.1. The molecule has 18 nitrogen and oxygen atoms in total. The van der Waals surface area contributed by atoms with Crippen LogP contribution in [0.25, 0.3) is 0 Å². The van der Waals surface area contributed by atoms with E-state index in [9.17, 15) is 19.2 Å². The van der Waals surface area contributed by atoms with E-state index in [0.29, 0.717) is 59.0 Å². The SMILES string of the molecule is CCCCCCCC(=O)OCCOCCC[Si](C)(C)O[Si](C)(C)O[Si](C)(C)CCCOCCOC(=O)CCCCCCCNC(=O)N(CCCN(C)C)CCCN(C)C.CCNC(=O)N(CCCN(C)C)CCCN(C)C. The number of hydrogen-bond acceptors (Lipinski definition) is 14. The summed E-state index contributed by atoms with van der Waals surface area (Å²) in [5.74, 6) is -0.291. The highest BCUT2D eigenvalue weighted by molar-refractivity contribution is 6.87. The molecule has 0 fully saturated rings. The largest absolute Gasteiger partial charge is 0.463 e. The van der Waals surface area contributed by atoms with Crippen molar-refractivity contribution in [2.24, 2.45) is 0 Å². The van der Waals surface area contributed by atoms with Gasteiger partial charge in [0.05, 0.1) is 13.2 Å². The fourth-order valence-electron chi connectivity index (χ4n) is 8.74. The first-order valence-electron chi connectivity index (χ1n) is 29.9. The number of unbranched alkanes of at least 4 members (excludes halogenated alkanes) is 8. The zero-order valence-corrected chi connectivity index (χ0v) is 55.7. The van der Waals surface area contributed by atoms with Gasteiger partial charge in [0.25, 0.3) is 0 Å². The lowest BCUT2D eigenvalue weighted by Crippen LogP contribution is -2.52. The van der Waals surface area contributed by atoms with Gasteiger partial charge in [-0.25, -0.2) is 9.59 Å². The molecule has 0 aliphatic carbocycles. The molecule has 0 heterocycles. The van der Waals surface area contributed by atoms with Crippen LogP contribution >= 0.6 is 0 Å². The van der Waals surface area contributed by atoms with Gasteiger partial charge in [-0.3, -0.25) is 9.59 Å². The van der Waals surface area contributed by atoms with Gasteiger partial charge in [0, 0.05) is 65.3 Å². The predicted molar refractivity (Wildman–Crippen MR) is 326 cm³/mol. The van der Waals surface area contributed by atoms with Crippen LogP contribution in [0.1, 0.15) is 129 Å². The van der Waals surface area contributed by atoms with E-state index in [1.54, 1.807) is 0 Å². The maximum absolute atomic E-state index is 12.8. The Morgan fingerprint density at radius 3 is 1.10 bits per heavy atom. The van der Waals surface area contributed by atoms with Crippen molar-refractivity contribution in [1.82, 2.24) is 40.0 Å². The zero-order chi connectivity index (χ0) is 58.4. The molecule has 0 bridgehead atoms. The minimum Gasteiger partial charge on any atom is -0.463 e. The number of amides is 4. The molecule has 77 heavy (non-hydrogen) atoms. The maximum atomic E-state index is 12.8. The van der Waals surface area contributed by atoms with Crippen LogP contribution in [-0.4, -0.2) is 240 Å². The van der Waals surface area contributed by atoms with Gasteiger partial charge in [-0.15, -0.1) is 0 Å². The minimum atomic E-state index is -2.32. The van der Waals surface area contributed by atoms with Crippen LogP contribution in [0.3, 0.4) is 0 Å². The number of carbonyl (C=O) groups excluding carboxylic acids is 4. The number of esters is 2. The van der Waals surface area contributed by atoms with Crippen LogP contribution in [0.4, 0.5) is 9.59 Å². The number of ether oxygens (including phenoxy) is 4. The van der Waals surface area contributed by atoms with Gasteiger partial charge in [-0.2, -0.15) is 0 Å². The fourth-order valence-corrected chi connectivity index (χ4v) is 22.7. The highest BCUT2D eigenvalue weighted by Crippen LogP contribution is 2.26. The molecule has 0 aliphatic rings. The highest BCUT2D eigenvalue weighted by atomic mass is 28.5.